The van der Waals surface area contributed by atoms with Crippen LogP contribution in [0, 0.1) is 5.92 Å². The molecule has 0 aliphatic carbocycles. The summed E-state index contributed by atoms with van der Waals surface area (Å²) >= 11 is 0. The standard InChI is InChI=1S/C19H28N4O2/c24-19(22-7-1-2-8-22)23-9-5-17-14-21(10-11-25-18(17)15-23)13-16-4-3-6-20-12-16/h3-4,6,12,17-18H,1-2,5,7-11,13-15H2/t17-,18-/m0/s1. The molecule has 3 saturated heterocycles. The van der Waals surface area contributed by atoms with Gasteiger partial charge in [-0.25, -0.2) is 4.79 Å². The molecule has 25 heavy (non-hydrogen) atoms. The molecule has 6 heteroatoms. The molecular formula is C19H28N4O2. The van der Waals surface area contributed by atoms with Crippen LogP contribution >= 0.6 is 0 Å². The molecule has 0 aromatic carbocycles. The lowest BCUT2D eigenvalue weighted by Crippen LogP contribution is -2.52. The first kappa shape index (κ1) is 16.8. The zero-order valence-electron chi connectivity index (χ0n) is 14.8. The van der Waals surface area contributed by atoms with E-state index in [9.17, 15) is 4.79 Å². The molecule has 6 nitrogen and oxygen atoms in total. The van der Waals surface area contributed by atoms with Gasteiger partial charge in [-0.2, -0.15) is 0 Å². The van der Waals surface area contributed by atoms with Crippen LogP contribution in [0.15, 0.2) is 24.5 Å². The lowest BCUT2D eigenvalue weighted by atomic mass is 9.93. The summed E-state index contributed by atoms with van der Waals surface area (Å²) in [5, 5.41) is 0. The minimum absolute atomic E-state index is 0.180. The first-order valence-electron chi connectivity index (χ1n) is 9.56. The molecule has 3 aliphatic rings. The number of urea groups is 1. The van der Waals surface area contributed by atoms with Gasteiger partial charge in [-0.1, -0.05) is 6.07 Å². The molecule has 0 radical (unpaired) electrons. The van der Waals surface area contributed by atoms with E-state index >= 15 is 0 Å². The third-order valence-corrected chi connectivity index (χ3v) is 5.70. The van der Waals surface area contributed by atoms with Gasteiger partial charge in [0.15, 0.2) is 0 Å². The summed E-state index contributed by atoms with van der Waals surface area (Å²) in [6.45, 7) is 7.12. The topological polar surface area (TPSA) is 48.9 Å². The van der Waals surface area contributed by atoms with Crippen molar-refractivity contribution in [1.29, 1.82) is 0 Å². The predicted octanol–water partition coefficient (Wildman–Crippen LogP) is 1.82. The van der Waals surface area contributed by atoms with E-state index in [1.165, 1.54) is 5.56 Å². The molecule has 1 aromatic rings. The lowest BCUT2D eigenvalue weighted by Gasteiger charge is -2.39. The van der Waals surface area contributed by atoms with Crippen molar-refractivity contribution in [3.63, 3.8) is 0 Å². The molecule has 0 spiro atoms. The van der Waals surface area contributed by atoms with Gasteiger partial charge in [0.2, 0.25) is 0 Å². The normalized spacial score (nSPS) is 27.8. The fourth-order valence-corrected chi connectivity index (χ4v) is 4.29. The second-order valence-electron chi connectivity index (χ2n) is 7.48. The number of hydrogen-bond acceptors (Lipinski definition) is 4. The van der Waals surface area contributed by atoms with E-state index in [1.807, 2.05) is 28.3 Å². The molecule has 4 rings (SSSR count). The van der Waals surface area contributed by atoms with E-state index in [1.54, 1.807) is 0 Å². The largest absolute Gasteiger partial charge is 0.375 e. The Kier molecular flexibility index (Phi) is 5.17. The number of ether oxygens (including phenoxy) is 1. The number of carbonyl (C=O) groups excluding carboxylic acids is 1. The van der Waals surface area contributed by atoms with Gasteiger partial charge in [-0.05, 0) is 30.9 Å². The maximum absolute atomic E-state index is 12.6. The Bertz CT molecular complexity index is 576. The van der Waals surface area contributed by atoms with Gasteiger partial charge in [0.1, 0.15) is 0 Å². The zero-order chi connectivity index (χ0) is 17.1. The highest BCUT2D eigenvalue weighted by Gasteiger charge is 2.36. The van der Waals surface area contributed by atoms with Crippen LogP contribution in [0.4, 0.5) is 4.79 Å². The molecule has 4 heterocycles. The predicted molar refractivity (Wildman–Crippen MR) is 95.1 cm³/mol. The molecule has 136 valence electrons. The highest BCUT2D eigenvalue weighted by atomic mass is 16.5. The molecule has 2 amide bonds. The van der Waals surface area contributed by atoms with E-state index in [2.05, 4.69) is 16.0 Å². The van der Waals surface area contributed by atoms with Crippen LogP contribution in [0.3, 0.4) is 0 Å². The third-order valence-electron chi connectivity index (χ3n) is 5.70. The van der Waals surface area contributed by atoms with Gasteiger partial charge in [-0.15, -0.1) is 0 Å². The third kappa shape index (κ3) is 3.96. The molecular weight excluding hydrogens is 316 g/mol. The summed E-state index contributed by atoms with van der Waals surface area (Å²) in [5.74, 6) is 0.516. The Morgan fingerprint density at radius 3 is 2.84 bits per heavy atom. The number of carbonyl (C=O) groups is 1. The van der Waals surface area contributed by atoms with E-state index in [4.69, 9.17) is 4.74 Å². The van der Waals surface area contributed by atoms with Crippen LogP contribution in [0.2, 0.25) is 0 Å². The van der Waals surface area contributed by atoms with Crippen molar-refractivity contribution in [2.24, 2.45) is 5.92 Å². The molecule has 0 bridgehead atoms. The minimum atomic E-state index is 0.180. The van der Waals surface area contributed by atoms with Crippen molar-refractivity contribution < 1.29 is 9.53 Å². The Morgan fingerprint density at radius 2 is 2.04 bits per heavy atom. The van der Waals surface area contributed by atoms with E-state index < -0.39 is 0 Å². The van der Waals surface area contributed by atoms with Gasteiger partial charge in [0.05, 0.1) is 12.7 Å². The highest BCUT2D eigenvalue weighted by Crippen LogP contribution is 2.26. The average molecular weight is 344 g/mol. The molecule has 0 N–H and O–H groups in total. The monoisotopic (exact) mass is 344 g/mol. The smallest absolute Gasteiger partial charge is 0.320 e. The van der Waals surface area contributed by atoms with Crippen LogP contribution in [0.25, 0.3) is 0 Å². The Morgan fingerprint density at radius 1 is 1.16 bits per heavy atom. The number of aromatic nitrogens is 1. The number of rotatable bonds is 2. The number of pyridine rings is 1. The molecule has 0 saturated carbocycles. The second kappa shape index (κ2) is 7.70. The fraction of sp³-hybridized carbons (Fsp3) is 0.684. The number of hydrogen-bond donors (Lipinski definition) is 0. The second-order valence-corrected chi connectivity index (χ2v) is 7.48. The van der Waals surface area contributed by atoms with Crippen molar-refractivity contribution in [2.75, 3.05) is 45.9 Å². The van der Waals surface area contributed by atoms with Crippen molar-refractivity contribution in [3.8, 4) is 0 Å². The van der Waals surface area contributed by atoms with Crippen molar-refractivity contribution in [2.45, 2.75) is 31.9 Å². The van der Waals surface area contributed by atoms with E-state index in [0.717, 1.165) is 71.7 Å². The van der Waals surface area contributed by atoms with Gasteiger partial charge < -0.3 is 14.5 Å². The Balaban J connectivity index is 1.34. The zero-order valence-corrected chi connectivity index (χ0v) is 14.8. The summed E-state index contributed by atoms with van der Waals surface area (Å²) in [5.41, 5.74) is 1.25. The average Bonchev–Trinajstić information content (AvgIpc) is 3.10. The number of nitrogens with zero attached hydrogens (tertiary/aromatic N) is 4. The van der Waals surface area contributed by atoms with Crippen LogP contribution in [0.5, 0.6) is 0 Å². The Labute approximate surface area is 149 Å². The van der Waals surface area contributed by atoms with E-state index in [-0.39, 0.29) is 12.1 Å². The molecule has 0 unspecified atom stereocenters. The minimum Gasteiger partial charge on any atom is -0.375 e. The maximum Gasteiger partial charge on any atom is 0.320 e. The maximum atomic E-state index is 12.6. The van der Waals surface area contributed by atoms with E-state index in [0.29, 0.717) is 5.92 Å². The van der Waals surface area contributed by atoms with Crippen LogP contribution < -0.4 is 0 Å². The highest BCUT2D eigenvalue weighted by molar-refractivity contribution is 5.74. The number of piperidine rings is 1. The summed E-state index contributed by atoms with van der Waals surface area (Å²) in [7, 11) is 0. The summed E-state index contributed by atoms with van der Waals surface area (Å²) in [4.78, 5) is 23.4. The number of fused-ring (bicyclic) bond motifs is 1. The van der Waals surface area contributed by atoms with Gasteiger partial charge in [0.25, 0.3) is 0 Å². The Hall–Kier alpha value is -1.66. The van der Waals surface area contributed by atoms with Crippen LogP contribution in [0.1, 0.15) is 24.8 Å². The van der Waals surface area contributed by atoms with Crippen LogP contribution in [-0.4, -0.2) is 77.7 Å². The number of amides is 2. The first-order valence-corrected chi connectivity index (χ1v) is 9.56. The summed E-state index contributed by atoms with van der Waals surface area (Å²) in [6.07, 6.45) is 7.27. The first-order chi connectivity index (χ1) is 12.3. The van der Waals surface area contributed by atoms with Gasteiger partial charge in [0, 0.05) is 64.1 Å². The summed E-state index contributed by atoms with van der Waals surface area (Å²) in [6, 6.07) is 4.35. The molecule has 1 aromatic heterocycles. The van der Waals surface area contributed by atoms with Gasteiger partial charge >= 0.3 is 6.03 Å². The van der Waals surface area contributed by atoms with Gasteiger partial charge in [-0.3, -0.25) is 9.88 Å². The summed E-state index contributed by atoms with van der Waals surface area (Å²) < 4.78 is 6.15. The SMILES string of the molecule is O=C(N1CCCC1)N1CC[C@H]2CN(Cc3cccnc3)CCO[C@H]2C1. The quantitative estimate of drug-likeness (QED) is 0.821. The lowest BCUT2D eigenvalue weighted by molar-refractivity contribution is -0.0144. The fourth-order valence-electron chi connectivity index (χ4n) is 4.29. The molecule has 3 aliphatic heterocycles. The van der Waals surface area contributed by atoms with Crippen molar-refractivity contribution in [1.82, 2.24) is 19.7 Å². The van der Waals surface area contributed by atoms with Crippen molar-refractivity contribution in [3.05, 3.63) is 30.1 Å². The van der Waals surface area contributed by atoms with Crippen LogP contribution in [-0.2, 0) is 11.3 Å². The van der Waals surface area contributed by atoms with Crippen molar-refractivity contribution >= 4 is 6.03 Å². The molecule has 2 atom stereocenters. The molecule has 3 fully saturated rings. The number of likely N-dealkylation sites (tertiary alicyclic amines) is 2.